The van der Waals surface area contributed by atoms with Crippen LogP contribution in [0.25, 0.3) is 11.3 Å². The molecule has 0 atom stereocenters. The Bertz CT molecular complexity index is 1160. The molecular weight excluding hydrogens is 404 g/mol. The van der Waals surface area contributed by atoms with Crippen LogP contribution < -0.4 is 20.5 Å². The lowest BCUT2D eigenvalue weighted by atomic mass is 9.94. The topological polar surface area (TPSA) is 86.5 Å². The highest BCUT2D eigenvalue weighted by atomic mass is 19.3. The molecule has 0 spiro atoms. The molecule has 3 N–H and O–H groups in total. The van der Waals surface area contributed by atoms with Gasteiger partial charge < -0.3 is 20.5 Å². The SMILES string of the molecule is NCc1ccc(-c2cccc(NC(=O)C3(c4ccc5c(c4)OC(F)(F)O5)CC3)n2)cc1. The minimum atomic E-state index is -3.69. The van der Waals surface area contributed by atoms with Crippen molar-refractivity contribution in [3.8, 4) is 22.8 Å². The third-order valence-electron chi connectivity index (χ3n) is 5.61. The molecule has 0 radical (unpaired) electrons. The van der Waals surface area contributed by atoms with Gasteiger partial charge in [-0.05, 0) is 48.2 Å². The highest BCUT2D eigenvalue weighted by Gasteiger charge is 2.52. The number of alkyl halides is 2. The number of pyridine rings is 1. The van der Waals surface area contributed by atoms with E-state index in [0.717, 1.165) is 16.8 Å². The zero-order valence-electron chi connectivity index (χ0n) is 16.4. The standard InChI is InChI=1S/C23H19F2N3O3/c24-23(25)30-18-9-8-16(12-19(18)31-23)22(10-11-22)21(29)28-20-3-1-2-17(27-20)15-6-4-14(13-26)5-7-15/h1-9,12H,10-11,13,26H2,(H,27,28,29). The molecule has 3 aromatic rings. The summed E-state index contributed by atoms with van der Waals surface area (Å²) in [6, 6.07) is 17.6. The molecule has 2 aliphatic rings. The third kappa shape index (κ3) is 3.59. The Morgan fingerprint density at radius 3 is 2.48 bits per heavy atom. The van der Waals surface area contributed by atoms with E-state index in [9.17, 15) is 13.6 Å². The van der Waals surface area contributed by atoms with Gasteiger partial charge >= 0.3 is 6.29 Å². The number of carbonyl (C=O) groups excluding carboxylic acids is 1. The van der Waals surface area contributed by atoms with Crippen molar-refractivity contribution >= 4 is 11.7 Å². The van der Waals surface area contributed by atoms with Gasteiger partial charge in [0.05, 0.1) is 11.1 Å². The number of hydrogen-bond acceptors (Lipinski definition) is 5. The second kappa shape index (κ2) is 7.02. The van der Waals surface area contributed by atoms with E-state index < -0.39 is 11.7 Å². The maximum atomic E-state index is 13.3. The monoisotopic (exact) mass is 423 g/mol. The molecule has 1 fully saturated rings. The molecule has 31 heavy (non-hydrogen) atoms. The van der Waals surface area contributed by atoms with Gasteiger partial charge in [0.1, 0.15) is 5.82 Å². The molecule has 0 unspecified atom stereocenters. The lowest BCUT2D eigenvalue weighted by Gasteiger charge is -2.16. The molecule has 1 aromatic heterocycles. The highest BCUT2D eigenvalue weighted by Crippen LogP contribution is 2.52. The number of carbonyl (C=O) groups is 1. The number of hydrogen-bond donors (Lipinski definition) is 2. The van der Waals surface area contributed by atoms with Crippen molar-refractivity contribution in [3.05, 3.63) is 71.8 Å². The number of nitrogens with two attached hydrogens (primary N) is 1. The molecule has 5 rings (SSSR count). The van der Waals surface area contributed by atoms with Crippen molar-refractivity contribution < 1.29 is 23.0 Å². The summed E-state index contributed by atoms with van der Waals surface area (Å²) >= 11 is 0. The van der Waals surface area contributed by atoms with Crippen LogP contribution in [-0.4, -0.2) is 17.2 Å². The first-order valence-electron chi connectivity index (χ1n) is 9.87. The molecule has 1 aliphatic carbocycles. The number of anilines is 1. The minimum absolute atomic E-state index is 0.0417. The second-order valence-corrected chi connectivity index (χ2v) is 7.67. The molecule has 0 saturated heterocycles. The molecule has 2 heterocycles. The van der Waals surface area contributed by atoms with Crippen LogP contribution in [0.3, 0.4) is 0 Å². The van der Waals surface area contributed by atoms with E-state index in [1.165, 1.54) is 12.1 Å². The quantitative estimate of drug-likeness (QED) is 0.642. The van der Waals surface area contributed by atoms with Crippen molar-refractivity contribution in [3.63, 3.8) is 0 Å². The number of rotatable bonds is 5. The summed E-state index contributed by atoms with van der Waals surface area (Å²) in [5, 5.41) is 2.87. The van der Waals surface area contributed by atoms with Crippen LogP contribution >= 0.6 is 0 Å². The number of nitrogens with zero attached hydrogens (tertiary/aromatic N) is 1. The lowest BCUT2D eigenvalue weighted by Crippen LogP contribution is -2.28. The van der Waals surface area contributed by atoms with E-state index in [2.05, 4.69) is 19.8 Å². The largest absolute Gasteiger partial charge is 0.586 e. The first-order valence-corrected chi connectivity index (χ1v) is 9.87. The number of aromatic nitrogens is 1. The summed E-state index contributed by atoms with van der Waals surface area (Å²) in [6.07, 6.45) is -2.48. The normalized spacial score (nSPS) is 17.3. The Morgan fingerprint density at radius 1 is 1.03 bits per heavy atom. The Morgan fingerprint density at radius 2 is 1.77 bits per heavy atom. The van der Waals surface area contributed by atoms with Crippen LogP contribution in [0.5, 0.6) is 11.5 Å². The lowest BCUT2D eigenvalue weighted by molar-refractivity contribution is -0.286. The minimum Gasteiger partial charge on any atom is -0.395 e. The van der Waals surface area contributed by atoms with Crippen molar-refractivity contribution in [2.45, 2.75) is 31.1 Å². The molecule has 1 saturated carbocycles. The van der Waals surface area contributed by atoms with Crippen LogP contribution in [0.1, 0.15) is 24.0 Å². The Balaban J connectivity index is 1.36. The number of fused-ring (bicyclic) bond motifs is 1. The first-order chi connectivity index (χ1) is 14.9. The maximum Gasteiger partial charge on any atom is 0.586 e. The smallest absolute Gasteiger partial charge is 0.395 e. The van der Waals surface area contributed by atoms with Gasteiger partial charge in [-0.2, -0.15) is 0 Å². The molecule has 6 nitrogen and oxygen atoms in total. The second-order valence-electron chi connectivity index (χ2n) is 7.67. The molecule has 158 valence electrons. The van der Waals surface area contributed by atoms with Gasteiger partial charge in [0.15, 0.2) is 11.5 Å². The Kier molecular flexibility index (Phi) is 4.40. The predicted molar refractivity (Wildman–Crippen MR) is 110 cm³/mol. The number of halogens is 2. The fraction of sp³-hybridized carbons (Fsp3) is 0.217. The summed E-state index contributed by atoms with van der Waals surface area (Å²) in [5.74, 6) is 0.0767. The van der Waals surface area contributed by atoms with Gasteiger partial charge in [-0.1, -0.05) is 36.4 Å². The van der Waals surface area contributed by atoms with Crippen LogP contribution in [0, 0.1) is 0 Å². The van der Waals surface area contributed by atoms with Crippen molar-refractivity contribution in [1.29, 1.82) is 0 Å². The summed E-state index contributed by atoms with van der Waals surface area (Å²) in [4.78, 5) is 17.6. The fourth-order valence-electron chi connectivity index (χ4n) is 3.73. The van der Waals surface area contributed by atoms with Crippen LogP contribution in [0.4, 0.5) is 14.6 Å². The summed E-state index contributed by atoms with van der Waals surface area (Å²) < 4.78 is 35.6. The van der Waals surface area contributed by atoms with E-state index in [4.69, 9.17) is 5.73 Å². The van der Waals surface area contributed by atoms with Crippen molar-refractivity contribution in [1.82, 2.24) is 4.98 Å². The van der Waals surface area contributed by atoms with Gasteiger partial charge in [0.25, 0.3) is 0 Å². The van der Waals surface area contributed by atoms with Crippen molar-refractivity contribution in [2.24, 2.45) is 5.73 Å². The van der Waals surface area contributed by atoms with E-state index in [1.807, 2.05) is 36.4 Å². The maximum absolute atomic E-state index is 13.3. The van der Waals surface area contributed by atoms with E-state index in [-0.39, 0.29) is 17.4 Å². The number of ether oxygens (including phenoxy) is 2. The van der Waals surface area contributed by atoms with Crippen LogP contribution in [0.15, 0.2) is 60.7 Å². The zero-order chi connectivity index (χ0) is 21.6. The number of nitrogens with one attached hydrogen (secondary N) is 1. The summed E-state index contributed by atoms with van der Waals surface area (Å²) in [5.41, 5.74) is 8.10. The highest BCUT2D eigenvalue weighted by molar-refractivity contribution is 6.01. The van der Waals surface area contributed by atoms with Gasteiger partial charge in [-0.3, -0.25) is 4.79 Å². The molecule has 1 amide bonds. The van der Waals surface area contributed by atoms with E-state index in [1.54, 1.807) is 12.1 Å². The predicted octanol–water partition coefficient (Wildman–Crippen LogP) is 4.20. The Hall–Kier alpha value is -3.52. The van der Waals surface area contributed by atoms with E-state index in [0.29, 0.717) is 30.8 Å². The Labute approximate surface area is 177 Å². The fourth-order valence-corrected chi connectivity index (χ4v) is 3.73. The van der Waals surface area contributed by atoms with E-state index >= 15 is 0 Å². The van der Waals surface area contributed by atoms with Gasteiger partial charge in [-0.25, -0.2) is 4.98 Å². The molecule has 8 heteroatoms. The van der Waals surface area contributed by atoms with Gasteiger partial charge in [0, 0.05) is 12.1 Å². The van der Waals surface area contributed by atoms with Gasteiger partial charge in [-0.15, -0.1) is 8.78 Å². The molecule has 1 aliphatic heterocycles. The third-order valence-corrected chi connectivity index (χ3v) is 5.61. The number of benzene rings is 2. The number of amides is 1. The van der Waals surface area contributed by atoms with Gasteiger partial charge in [0.2, 0.25) is 5.91 Å². The van der Waals surface area contributed by atoms with Crippen LogP contribution in [-0.2, 0) is 16.8 Å². The average Bonchev–Trinajstić information content (AvgIpc) is 3.51. The summed E-state index contributed by atoms with van der Waals surface area (Å²) in [7, 11) is 0. The zero-order valence-corrected chi connectivity index (χ0v) is 16.4. The summed E-state index contributed by atoms with van der Waals surface area (Å²) in [6.45, 7) is 0.462. The molecule has 0 bridgehead atoms. The van der Waals surface area contributed by atoms with Crippen LogP contribution in [0.2, 0.25) is 0 Å². The molecular formula is C23H19F2N3O3. The average molecular weight is 423 g/mol. The van der Waals surface area contributed by atoms with Crippen molar-refractivity contribution in [2.75, 3.05) is 5.32 Å². The molecule has 2 aromatic carbocycles. The first kappa shape index (κ1) is 19.4.